The van der Waals surface area contributed by atoms with E-state index in [-0.39, 0.29) is 23.5 Å². The second-order valence-corrected chi connectivity index (χ2v) is 10.8. The SMILES string of the molecule is CC(C)Oc1ccc(CCCNC(=O)CN(c2cccc(Br)c2)S(=O)(=O)c2ccccc2)cc1. The van der Waals surface area contributed by atoms with Gasteiger partial charge in [0.15, 0.2) is 0 Å². The molecule has 0 heterocycles. The van der Waals surface area contributed by atoms with E-state index in [1.165, 1.54) is 12.1 Å². The number of benzene rings is 3. The summed E-state index contributed by atoms with van der Waals surface area (Å²) in [7, 11) is -3.91. The molecule has 6 nitrogen and oxygen atoms in total. The van der Waals surface area contributed by atoms with Crippen LogP contribution in [0.4, 0.5) is 5.69 Å². The van der Waals surface area contributed by atoms with Crippen LogP contribution >= 0.6 is 15.9 Å². The van der Waals surface area contributed by atoms with Gasteiger partial charge < -0.3 is 10.1 Å². The van der Waals surface area contributed by atoms with E-state index in [1.54, 1.807) is 42.5 Å². The molecule has 0 saturated heterocycles. The number of hydrogen-bond acceptors (Lipinski definition) is 4. The Morgan fingerprint density at radius 3 is 2.35 bits per heavy atom. The number of hydrogen-bond donors (Lipinski definition) is 1. The van der Waals surface area contributed by atoms with Gasteiger partial charge in [-0.3, -0.25) is 9.10 Å². The van der Waals surface area contributed by atoms with Crippen molar-refractivity contribution in [1.82, 2.24) is 5.32 Å². The molecule has 0 unspecified atom stereocenters. The van der Waals surface area contributed by atoms with Crippen molar-refractivity contribution in [3.05, 3.63) is 88.9 Å². The Balaban J connectivity index is 1.61. The van der Waals surface area contributed by atoms with Crippen LogP contribution < -0.4 is 14.4 Å². The van der Waals surface area contributed by atoms with Gasteiger partial charge in [0.1, 0.15) is 12.3 Å². The number of carbonyl (C=O) groups excluding carboxylic acids is 1. The van der Waals surface area contributed by atoms with Crippen LogP contribution in [0.1, 0.15) is 25.8 Å². The third-order valence-electron chi connectivity index (χ3n) is 4.97. The number of halogens is 1. The minimum Gasteiger partial charge on any atom is -0.491 e. The second kappa shape index (κ2) is 12.0. The minimum atomic E-state index is -3.91. The summed E-state index contributed by atoms with van der Waals surface area (Å²) in [5, 5.41) is 2.85. The van der Waals surface area contributed by atoms with Crippen molar-refractivity contribution in [3.8, 4) is 5.75 Å². The lowest BCUT2D eigenvalue weighted by molar-refractivity contribution is -0.119. The summed E-state index contributed by atoms with van der Waals surface area (Å²) in [5.41, 5.74) is 1.56. The van der Waals surface area contributed by atoms with Gasteiger partial charge in [-0.2, -0.15) is 0 Å². The Kier molecular flexibility index (Phi) is 9.12. The van der Waals surface area contributed by atoms with Gasteiger partial charge in [0.05, 0.1) is 16.7 Å². The van der Waals surface area contributed by atoms with Gasteiger partial charge >= 0.3 is 0 Å². The van der Waals surface area contributed by atoms with Gasteiger partial charge in [-0.25, -0.2) is 8.42 Å². The van der Waals surface area contributed by atoms with Crippen LogP contribution in [-0.2, 0) is 21.2 Å². The number of sulfonamides is 1. The summed E-state index contributed by atoms with van der Waals surface area (Å²) in [4.78, 5) is 12.8. The Bertz CT molecular complexity index is 1180. The maximum absolute atomic E-state index is 13.3. The predicted octanol–water partition coefficient (Wildman–Crippen LogP) is 5.18. The molecule has 0 radical (unpaired) electrons. The summed E-state index contributed by atoms with van der Waals surface area (Å²) < 4.78 is 34.1. The van der Waals surface area contributed by atoms with Crippen LogP contribution in [0.3, 0.4) is 0 Å². The number of amides is 1. The molecule has 0 aromatic heterocycles. The molecular weight excluding hydrogens is 516 g/mol. The van der Waals surface area contributed by atoms with Crippen molar-refractivity contribution >= 4 is 37.5 Å². The lowest BCUT2D eigenvalue weighted by Gasteiger charge is -2.24. The predicted molar refractivity (Wildman–Crippen MR) is 139 cm³/mol. The third-order valence-corrected chi connectivity index (χ3v) is 7.26. The third kappa shape index (κ3) is 7.33. The molecule has 0 bridgehead atoms. The molecule has 3 aromatic rings. The van der Waals surface area contributed by atoms with Crippen LogP contribution in [0.2, 0.25) is 0 Å². The molecule has 180 valence electrons. The molecule has 0 spiro atoms. The van der Waals surface area contributed by atoms with E-state index >= 15 is 0 Å². The highest BCUT2D eigenvalue weighted by Crippen LogP contribution is 2.26. The summed E-state index contributed by atoms with van der Waals surface area (Å²) >= 11 is 3.38. The van der Waals surface area contributed by atoms with E-state index in [0.717, 1.165) is 32.9 Å². The molecule has 0 fully saturated rings. The van der Waals surface area contributed by atoms with Crippen LogP contribution in [-0.4, -0.2) is 33.5 Å². The van der Waals surface area contributed by atoms with Crippen LogP contribution in [0.5, 0.6) is 5.75 Å². The highest BCUT2D eigenvalue weighted by atomic mass is 79.9. The van der Waals surface area contributed by atoms with E-state index in [4.69, 9.17) is 4.74 Å². The zero-order valence-electron chi connectivity index (χ0n) is 19.3. The Morgan fingerprint density at radius 1 is 1.00 bits per heavy atom. The average Bonchev–Trinajstić information content (AvgIpc) is 2.81. The molecule has 0 atom stereocenters. The van der Waals surface area contributed by atoms with Gasteiger partial charge in [-0.15, -0.1) is 0 Å². The Labute approximate surface area is 210 Å². The fourth-order valence-electron chi connectivity index (χ4n) is 3.38. The first-order valence-electron chi connectivity index (χ1n) is 11.1. The fraction of sp³-hybridized carbons (Fsp3) is 0.269. The molecule has 0 aliphatic rings. The molecular formula is C26H29BrN2O4S. The molecule has 1 N–H and O–H groups in total. The number of rotatable bonds is 11. The lowest BCUT2D eigenvalue weighted by atomic mass is 10.1. The van der Waals surface area contributed by atoms with Crippen molar-refractivity contribution in [2.24, 2.45) is 0 Å². The quantitative estimate of drug-likeness (QED) is 0.337. The van der Waals surface area contributed by atoms with Gasteiger partial charge in [-0.05, 0) is 74.7 Å². The molecule has 3 aromatic carbocycles. The van der Waals surface area contributed by atoms with Crippen molar-refractivity contribution in [2.75, 3.05) is 17.4 Å². The molecule has 0 saturated carbocycles. The molecule has 0 aliphatic heterocycles. The van der Waals surface area contributed by atoms with Crippen LogP contribution in [0.15, 0.2) is 88.2 Å². The van der Waals surface area contributed by atoms with E-state index in [2.05, 4.69) is 21.2 Å². The van der Waals surface area contributed by atoms with Crippen LogP contribution in [0.25, 0.3) is 0 Å². The van der Waals surface area contributed by atoms with Crippen molar-refractivity contribution < 1.29 is 17.9 Å². The molecule has 1 amide bonds. The maximum Gasteiger partial charge on any atom is 0.264 e. The van der Waals surface area contributed by atoms with Gasteiger partial charge in [0.25, 0.3) is 10.0 Å². The number of anilines is 1. The van der Waals surface area contributed by atoms with Gasteiger partial charge in [0.2, 0.25) is 5.91 Å². The standard InChI is InChI=1S/C26H29BrN2O4S/c1-20(2)33-24-15-13-21(14-16-24)8-7-17-28-26(30)19-29(23-10-6-9-22(27)18-23)34(31,32)25-11-4-3-5-12-25/h3-6,9-16,18,20H,7-8,17,19H2,1-2H3,(H,28,30). The van der Waals surface area contributed by atoms with Gasteiger partial charge in [0, 0.05) is 11.0 Å². The topological polar surface area (TPSA) is 75.7 Å². The second-order valence-electron chi connectivity index (χ2n) is 8.07. The molecule has 34 heavy (non-hydrogen) atoms. The van der Waals surface area contributed by atoms with Crippen molar-refractivity contribution in [3.63, 3.8) is 0 Å². The summed E-state index contributed by atoms with van der Waals surface area (Å²) in [5.74, 6) is 0.472. The number of carbonyl (C=O) groups is 1. The van der Waals surface area contributed by atoms with Crippen molar-refractivity contribution in [1.29, 1.82) is 0 Å². The first-order valence-corrected chi connectivity index (χ1v) is 13.3. The van der Waals surface area contributed by atoms with E-state index in [9.17, 15) is 13.2 Å². The maximum atomic E-state index is 13.3. The van der Waals surface area contributed by atoms with Crippen molar-refractivity contribution in [2.45, 2.75) is 37.7 Å². The smallest absolute Gasteiger partial charge is 0.264 e. The molecule has 8 heteroatoms. The molecule has 3 rings (SSSR count). The zero-order chi connectivity index (χ0) is 24.6. The molecule has 0 aliphatic carbocycles. The average molecular weight is 545 g/mol. The lowest BCUT2D eigenvalue weighted by Crippen LogP contribution is -2.41. The first kappa shape index (κ1) is 25.8. The van der Waals surface area contributed by atoms with E-state index in [1.807, 2.05) is 38.1 Å². The fourth-order valence-corrected chi connectivity index (χ4v) is 5.20. The number of aryl methyl sites for hydroxylation is 1. The zero-order valence-corrected chi connectivity index (χ0v) is 21.7. The van der Waals surface area contributed by atoms with E-state index in [0.29, 0.717) is 12.2 Å². The van der Waals surface area contributed by atoms with Crippen LogP contribution in [0, 0.1) is 0 Å². The normalized spacial score (nSPS) is 11.3. The minimum absolute atomic E-state index is 0.128. The largest absolute Gasteiger partial charge is 0.491 e. The number of nitrogens with one attached hydrogen (secondary N) is 1. The monoisotopic (exact) mass is 544 g/mol. The number of ether oxygens (including phenoxy) is 1. The summed E-state index contributed by atoms with van der Waals surface area (Å²) in [6, 6.07) is 22.9. The van der Waals surface area contributed by atoms with Gasteiger partial charge in [-0.1, -0.05) is 52.3 Å². The van der Waals surface area contributed by atoms with E-state index < -0.39 is 10.0 Å². The Morgan fingerprint density at radius 2 is 1.71 bits per heavy atom. The highest BCUT2D eigenvalue weighted by molar-refractivity contribution is 9.10. The summed E-state index contributed by atoms with van der Waals surface area (Å²) in [6.45, 7) is 4.11. The number of nitrogens with zero attached hydrogens (tertiary/aromatic N) is 1. The first-order chi connectivity index (χ1) is 16.3. The Hall–Kier alpha value is -2.84. The summed E-state index contributed by atoms with van der Waals surface area (Å²) in [6.07, 6.45) is 1.65. The highest BCUT2D eigenvalue weighted by Gasteiger charge is 2.27.